The number of hydrogen-bond acceptors (Lipinski definition) is 3. The molecule has 0 aliphatic heterocycles. The minimum absolute atomic E-state index is 0.126. The van der Waals surface area contributed by atoms with Crippen molar-refractivity contribution in [3.63, 3.8) is 0 Å². The maximum atomic E-state index is 12.0. The lowest BCUT2D eigenvalue weighted by Crippen LogP contribution is -2.40. The van der Waals surface area contributed by atoms with Crippen molar-refractivity contribution in [1.29, 1.82) is 0 Å². The minimum Gasteiger partial charge on any atom is -0.388 e. The summed E-state index contributed by atoms with van der Waals surface area (Å²) in [6.45, 7) is 4.05. The zero-order valence-corrected chi connectivity index (χ0v) is 12.7. The van der Waals surface area contributed by atoms with Gasteiger partial charge in [-0.25, -0.2) is 0 Å². The molecule has 4 heteroatoms. The number of benzene rings is 1. The predicted octanol–water partition coefficient (Wildman–Crippen LogP) is 2.83. The molecule has 0 aromatic heterocycles. The molecule has 106 valence electrons. The van der Waals surface area contributed by atoms with Crippen molar-refractivity contribution in [2.75, 3.05) is 12.8 Å². The molecule has 3 nitrogen and oxygen atoms in total. The molecule has 0 aliphatic carbocycles. The Morgan fingerprint density at radius 3 is 2.84 bits per heavy atom. The van der Waals surface area contributed by atoms with E-state index in [-0.39, 0.29) is 12.5 Å². The largest absolute Gasteiger partial charge is 0.388 e. The molecule has 0 spiro atoms. The zero-order chi connectivity index (χ0) is 14.3. The fraction of sp³-hybridized carbons (Fsp3) is 0.533. The van der Waals surface area contributed by atoms with E-state index in [9.17, 15) is 9.90 Å². The van der Waals surface area contributed by atoms with E-state index in [1.165, 1.54) is 0 Å². The van der Waals surface area contributed by atoms with Gasteiger partial charge in [-0.2, -0.15) is 11.8 Å². The molecule has 0 bridgehead atoms. The van der Waals surface area contributed by atoms with E-state index in [4.69, 9.17) is 0 Å². The lowest BCUT2D eigenvalue weighted by atomic mass is 10.0. The van der Waals surface area contributed by atoms with Gasteiger partial charge in [0.15, 0.2) is 0 Å². The normalized spacial score (nSPS) is 13.9. The SMILES string of the molecule is CCCC(C)(O)CNC(=O)c1cccc(CSC)c1. The number of aliphatic hydroxyl groups is 1. The van der Waals surface area contributed by atoms with Crippen LogP contribution in [0.25, 0.3) is 0 Å². The molecule has 2 N–H and O–H groups in total. The number of thioether (sulfide) groups is 1. The Labute approximate surface area is 119 Å². The quantitative estimate of drug-likeness (QED) is 0.808. The van der Waals surface area contributed by atoms with Crippen molar-refractivity contribution in [2.45, 2.75) is 38.0 Å². The maximum absolute atomic E-state index is 12.0. The van der Waals surface area contributed by atoms with Gasteiger partial charge < -0.3 is 10.4 Å². The summed E-state index contributed by atoms with van der Waals surface area (Å²) < 4.78 is 0. The van der Waals surface area contributed by atoms with Crippen molar-refractivity contribution < 1.29 is 9.90 Å². The van der Waals surface area contributed by atoms with E-state index in [2.05, 4.69) is 5.32 Å². The number of nitrogens with one attached hydrogen (secondary N) is 1. The lowest BCUT2D eigenvalue weighted by Gasteiger charge is -2.22. The highest BCUT2D eigenvalue weighted by molar-refractivity contribution is 7.97. The molecule has 0 saturated carbocycles. The Bertz CT molecular complexity index is 418. The van der Waals surface area contributed by atoms with Crippen LogP contribution in [-0.2, 0) is 5.75 Å². The lowest BCUT2D eigenvalue weighted by molar-refractivity contribution is 0.0469. The Balaban J connectivity index is 2.60. The van der Waals surface area contributed by atoms with Gasteiger partial charge in [0.2, 0.25) is 0 Å². The summed E-state index contributed by atoms with van der Waals surface area (Å²) >= 11 is 1.73. The van der Waals surface area contributed by atoms with Crippen LogP contribution in [0.3, 0.4) is 0 Å². The highest BCUT2D eigenvalue weighted by Gasteiger charge is 2.20. The summed E-state index contributed by atoms with van der Waals surface area (Å²) in [5, 5.41) is 12.8. The van der Waals surface area contributed by atoms with Gasteiger partial charge >= 0.3 is 0 Å². The molecule has 1 aromatic carbocycles. The monoisotopic (exact) mass is 281 g/mol. The second kappa shape index (κ2) is 7.56. The van der Waals surface area contributed by atoms with Crippen LogP contribution in [0.1, 0.15) is 42.6 Å². The summed E-state index contributed by atoms with van der Waals surface area (Å²) in [4.78, 5) is 12.0. The van der Waals surface area contributed by atoms with Gasteiger partial charge in [-0.1, -0.05) is 25.5 Å². The number of carbonyl (C=O) groups excluding carboxylic acids is 1. The summed E-state index contributed by atoms with van der Waals surface area (Å²) in [6, 6.07) is 7.61. The van der Waals surface area contributed by atoms with Gasteiger partial charge in [-0.3, -0.25) is 4.79 Å². The first kappa shape index (κ1) is 16.1. The number of rotatable bonds is 7. The average Bonchev–Trinajstić information content (AvgIpc) is 2.37. The van der Waals surface area contributed by atoms with E-state index in [1.54, 1.807) is 24.8 Å². The molecular formula is C15H23NO2S. The molecule has 1 atom stereocenters. The van der Waals surface area contributed by atoms with E-state index in [1.807, 2.05) is 31.4 Å². The minimum atomic E-state index is -0.832. The van der Waals surface area contributed by atoms with Crippen molar-refractivity contribution in [3.8, 4) is 0 Å². The molecule has 1 unspecified atom stereocenters. The van der Waals surface area contributed by atoms with Gasteiger partial charge in [-0.05, 0) is 37.3 Å². The topological polar surface area (TPSA) is 49.3 Å². The van der Waals surface area contributed by atoms with Crippen LogP contribution in [0.5, 0.6) is 0 Å². The van der Waals surface area contributed by atoms with Gasteiger partial charge in [0, 0.05) is 17.9 Å². The molecule has 0 fully saturated rings. The van der Waals surface area contributed by atoms with E-state index < -0.39 is 5.60 Å². The molecule has 0 heterocycles. The van der Waals surface area contributed by atoms with Crippen LogP contribution in [0.2, 0.25) is 0 Å². The Morgan fingerprint density at radius 2 is 2.21 bits per heavy atom. The van der Waals surface area contributed by atoms with Crippen molar-refractivity contribution >= 4 is 17.7 Å². The third kappa shape index (κ3) is 5.66. The van der Waals surface area contributed by atoms with Gasteiger partial charge in [0.1, 0.15) is 0 Å². The number of carbonyl (C=O) groups is 1. The summed E-state index contributed by atoms with van der Waals surface area (Å²) in [5.41, 5.74) is 0.959. The Hall–Kier alpha value is -1.00. The smallest absolute Gasteiger partial charge is 0.251 e. The van der Waals surface area contributed by atoms with Crippen LogP contribution < -0.4 is 5.32 Å². The average molecular weight is 281 g/mol. The standard InChI is InChI=1S/C15H23NO2S/c1-4-8-15(2,18)11-16-14(17)13-7-5-6-12(9-13)10-19-3/h5-7,9,18H,4,8,10-11H2,1-3H3,(H,16,17). The Kier molecular flexibility index (Phi) is 6.38. The second-order valence-corrected chi connectivity index (χ2v) is 5.93. The fourth-order valence-electron chi connectivity index (χ4n) is 1.97. The van der Waals surface area contributed by atoms with E-state index >= 15 is 0 Å². The highest BCUT2D eigenvalue weighted by atomic mass is 32.2. The molecule has 1 rings (SSSR count). The molecular weight excluding hydrogens is 258 g/mol. The summed E-state index contributed by atoms with van der Waals surface area (Å²) in [5.74, 6) is 0.772. The van der Waals surface area contributed by atoms with Crippen molar-refractivity contribution in [2.24, 2.45) is 0 Å². The zero-order valence-electron chi connectivity index (χ0n) is 11.9. The molecule has 19 heavy (non-hydrogen) atoms. The first-order valence-corrected chi connectivity index (χ1v) is 7.96. The highest BCUT2D eigenvalue weighted by Crippen LogP contribution is 2.13. The summed E-state index contributed by atoms with van der Waals surface area (Å²) in [6.07, 6.45) is 3.61. The van der Waals surface area contributed by atoms with Crippen LogP contribution in [0, 0.1) is 0 Å². The van der Waals surface area contributed by atoms with E-state index in [0.29, 0.717) is 12.0 Å². The molecule has 1 aromatic rings. The summed E-state index contributed by atoms with van der Waals surface area (Å²) in [7, 11) is 0. The first-order valence-electron chi connectivity index (χ1n) is 6.57. The number of hydrogen-bond donors (Lipinski definition) is 2. The van der Waals surface area contributed by atoms with Crippen molar-refractivity contribution in [1.82, 2.24) is 5.32 Å². The molecule has 1 amide bonds. The van der Waals surface area contributed by atoms with E-state index in [0.717, 1.165) is 17.7 Å². The fourth-order valence-corrected chi connectivity index (χ4v) is 2.48. The second-order valence-electron chi connectivity index (χ2n) is 5.06. The van der Waals surface area contributed by atoms with Crippen LogP contribution in [0.4, 0.5) is 0 Å². The van der Waals surface area contributed by atoms with Crippen molar-refractivity contribution in [3.05, 3.63) is 35.4 Å². The molecule has 0 radical (unpaired) electrons. The van der Waals surface area contributed by atoms with Gasteiger partial charge in [0.05, 0.1) is 5.60 Å². The van der Waals surface area contributed by atoms with Crippen LogP contribution in [0.15, 0.2) is 24.3 Å². The maximum Gasteiger partial charge on any atom is 0.251 e. The van der Waals surface area contributed by atoms with Crippen LogP contribution >= 0.6 is 11.8 Å². The van der Waals surface area contributed by atoms with Gasteiger partial charge in [-0.15, -0.1) is 0 Å². The van der Waals surface area contributed by atoms with Gasteiger partial charge in [0.25, 0.3) is 5.91 Å². The predicted molar refractivity (Wildman–Crippen MR) is 81.5 cm³/mol. The third-order valence-electron chi connectivity index (χ3n) is 2.92. The first-order chi connectivity index (χ1) is 8.98. The third-order valence-corrected chi connectivity index (χ3v) is 3.54. The molecule has 0 saturated heterocycles. The Morgan fingerprint density at radius 1 is 1.47 bits per heavy atom. The molecule has 0 aliphatic rings. The van der Waals surface area contributed by atoms with Crippen LogP contribution in [-0.4, -0.2) is 29.4 Å². The number of amides is 1.